The lowest BCUT2D eigenvalue weighted by Gasteiger charge is -2.14. The molecule has 0 fully saturated rings. The first-order valence-electron chi connectivity index (χ1n) is 4.05. The van der Waals surface area contributed by atoms with Crippen molar-refractivity contribution in [3.63, 3.8) is 0 Å². The number of pyridine rings is 1. The second-order valence-corrected chi connectivity index (χ2v) is 2.75. The fraction of sp³-hybridized carbons (Fsp3) is 0.125. The molecule has 0 spiro atoms. The van der Waals surface area contributed by atoms with E-state index in [1.54, 1.807) is 12.1 Å². The number of aromatic amines is 1. The normalized spacial score (nSPS) is 15.4. The molecule has 0 aliphatic carbocycles. The molecule has 0 saturated carbocycles. The summed E-state index contributed by atoms with van der Waals surface area (Å²) in [5.74, 6) is 0.160. The number of aromatic nitrogens is 1. The number of nitrogens with one attached hydrogen (secondary N) is 3. The van der Waals surface area contributed by atoms with Crippen molar-refractivity contribution in [3.8, 4) is 0 Å². The maximum Gasteiger partial charge on any atom is 0.260 e. The van der Waals surface area contributed by atoms with Crippen LogP contribution in [0.25, 0.3) is 0 Å². The zero-order chi connectivity index (χ0) is 9.97. The number of H-pyrrole nitrogens is 1. The minimum atomic E-state index is -0.241. The minimum absolute atomic E-state index is 0.0384. The van der Waals surface area contributed by atoms with Gasteiger partial charge in [0.1, 0.15) is 6.54 Å². The predicted octanol–water partition coefficient (Wildman–Crippen LogP) is -1.24. The van der Waals surface area contributed by atoms with Crippen LogP contribution in [-0.2, 0) is 4.79 Å². The van der Waals surface area contributed by atoms with E-state index in [0.29, 0.717) is 11.4 Å². The van der Waals surface area contributed by atoms with E-state index in [1.807, 2.05) is 0 Å². The number of nitrogens with zero attached hydrogens (tertiary/aromatic N) is 1. The van der Waals surface area contributed by atoms with Gasteiger partial charge in [0.05, 0.1) is 5.56 Å². The van der Waals surface area contributed by atoms with Crippen LogP contribution in [0, 0.1) is 0 Å². The molecule has 6 nitrogen and oxygen atoms in total. The van der Waals surface area contributed by atoms with Crippen LogP contribution in [0.5, 0.6) is 0 Å². The summed E-state index contributed by atoms with van der Waals surface area (Å²) in [4.78, 5) is 28.5. The van der Waals surface area contributed by atoms with Gasteiger partial charge in [-0.3, -0.25) is 25.4 Å². The summed E-state index contributed by atoms with van der Waals surface area (Å²) in [5.41, 5.74) is 5.11. The summed E-state index contributed by atoms with van der Waals surface area (Å²) in [5, 5.41) is 0. The lowest BCUT2D eigenvalue weighted by Crippen LogP contribution is -2.48. The second kappa shape index (κ2) is 3.33. The standard InChI is InChI=1S/C8H8N4O2/c13-6-4-10-7(12-11-6)5-2-1-3-9-8(5)14/h1-3H,4H2,(H,9,14)(H,10,12)(H,11,13). The van der Waals surface area contributed by atoms with Crippen molar-refractivity contribution in [3.05, 3.63) is 34.2 Å². The fourth-order valence-corrected chi connectivity index (χ4v) is 1.12. The van der Waals surface area contributed by atoms with Gasteiger partial charge in [-0.15, -0.1) is 0 Å². The van der Waals surface area contributed by atoms with Gasteiger partial charge < -0.3 is 4.98 Å². The number of hydrogen-bond acceptors (Lipinski definition) is 4. The number of amidine groups is 1. The molecule has 72 valence electrons. The summed E-state index contributed by atoms with van der Waals surface area (Å²) < 4.78 is 0. The largest absolute Gasteiger partial charge is 0.328 e. The van der Waals surface area contributed by atoms with E-state index in [0.717, 1.165) is 0 Å². The maximum atomic E-state index is 11.3. The van der Waals surface area contributed by atoms with Crippen molar-refractivity contribution in [1.82, 2.24) is 15.8 Å². The number of hydrazine groups is 1. The Morgan fingerprint density at radius 2 is 2.14 bits per heavy atom. The van der Waals surface area contributed by atoms with Crippen LogP contribution >= 0.6 is 0 Å². The van der Waals surface area contributed by atoms with Crippen LogP contribution in [0.15, 0.2) is 28.1 Å². The van der Waals surface area contributed by atoms with Gasteiger partial charge in [-0.05, 0) is 12.1 Å². The van der Waals surface area contributed by atoms with E-state index >= 15 is 0 Å². The van der Waals surface area contributed by atoms with E-state index in [1.165, 1.54) is 6.20 Å². The lowest BCUT2D eigenvalue weighted by molar-refractivity contribution is -0.120. The van der Waals surface area contributed by atoms with Crippen molar-refractivity contribution >= 4 is 11.7 Å². The van der Waals surface area contributed by atoms with Crippen molar-refractivity contribution in [1.29, 1.82) is 0 Å². The first kappa shape index (κ1) is 8.49. The van der Waals surface area contributed by atoms with Crippen LogP contribution in [0.1, 0.15) is 5.56 Å². The van der Waals surface area contributed by atoms with E-state index in [4.69, 9.17) is 0 Å². The Bertz CT molecular complexity index is 449. The van der Waals surface area contributed by atoms with Crippen LogP contribution in [0.2, 0.25) is 0 Å². The van der Waals surface area contributed by atoms with Gasteiger partial charge in [-0.25, -0.2) is 0 Å². The third kappa shape index (κ3) is 1.49. The summed E-state index contributed by atoms with van der Waals surface area (Å²) in [7, 11) is 0. The van der Waals surface area contributed by atoms with E-state index in [9.17, 15) is 9.59 Å². The van der Waals surface area contributed by atoms with Gasteiger partial charge in [-0.2, -0.15) is 0 Å². The Morgan fingerprint density at radius 1 is 1.29 bits per heavy atom. The first-order valence-corrected chi connectivity index (χ1v) is 4.05. The average molecular weight is 192 g/mol. The van der Waals surface area contributed by atoms with Gasteiger partial charge >= 0.3 is 0 Å². The molecule has 0 atom stereocenters. The molecule has 2 heterocycles. The molecule has 6 heteroatoms. The Kier molecular flexibility index (Phi) is 2.02. The monoisotopic (exact) mass is 192 g/mol. The van der Waals surface area contributed by atoms with Gasteiger partial charge in [0.25, 0.3) is 11.5 Å². The molecule has 1 amide bonds. The van der Waals surface area contributed by atoms with E-state index in [2.05, 4.69) is 20.8 Å². The van der Waals surface area contributed by atoms with Crippen molar-refractivity contribution < 1.29 is 4.79 Å². The molecule has 14 heavy (non-hydrogen) atoms. The first-order chi connectivity index (χ1) is 6.77. The molecule has 1 aromatic heterocycles. The molecule has 0 bridgehead atoms. The highest BCUT2D eigenvalue weighted by atomic mass is 16.2. The Balaban J connectivity index is 2.37. The molecule has 2 rings (SSSR count). The lowest BCUT2D eigenvalue weighted by atomic mass is 10.2. The zero-order valence-corrected chi connectivity index (χ0v) is 7.20. The van der Waals surface area contributed by atoms with Crippen LogP contribution in [-0.4, -0.2) is 23.3 Å². The molecule has 1 aliphatic heterocycles. The highest BCUT2D eigenvalue weighted by molar-refractivity contribution is 6.02. The Hall–Kier alpha value is -2.11. The molecule has 1 aliphatic rings. The van der Waals surface area contributed by atoms with Gasteiger partial charge in [0, 0.05) is 6.20 Å². The molecule has 0 radical (unpaired) electrons. The smallest absolute Gasteiger partial charge is 0.260 e. The van der Waals surface area contributed by atoms with Gasteiger partial charge in [0.2, 0.25) is 0 Å². The number of hydrogen-bond donors (Lipinski definition) is 3. The summed E-state index contributed by atoms with van der Waals surface area (Å²) >= 11 is 0. The quantitative estimate of drug-likeness (QED) is 0.520. The molecule has 1 aromatic rings. The van der Waals surface area contributed by atoms with Gasteiger partial charge in [-0.1, -0.05) is 0 Å². The number of amides is 1. The highest BCUT2D eigenvalue weighted by Crippen LogP contribution is 1.93. The van der Waals surface area contributed by atoms with Crippen molar-refractivity contribution in [2.75, 3.05) is 6.54 Å². The summed E-state index contributed by atoms with van der Waals surface area (Å²) in [6.45, 7) is 0.0384. The number of aliphatic imine (C=N–C) groups is 1. The van der Waals surface area contributed by atoms with Crippen molar-refractivity contribution in [2.45, 2.75) is 0 Å². The SMILES string of the molecule is O=C1CN=C(c2ccc[nH]c2=O)NN1. The van der Waals surface area contributed by atoms with E-state index in [-0.39, 0.29) is 18.0 Å². The zero-order valence-electron chi connectivity index (χ0n) is 7.20. The number of carbonyl (C=O) groups is 1. The molecule has 0 aromatic carbocycles. The number of rotatable bonds is 1. The van der Waals surface area contributed by atoms with Crippen LogP contribution < -0.4 is 16.4 Å². The highest BCUT2D eigenvalue weighted by Gasteiger charge is 2.13. The molecular formula is C8H8N4O2. The third-order valence-electron chi connectivity index (χ3n) is 1.77. The van der Waals surface area contributed by atoms with Crippen LogP contribution in [0.3, 0.4) is 0 Å². The molecule has 0 unspecified atom stereocenters. The summed E-state index contributed by atoms with van der Waals surface area (Å²) in [6.07, 6.45) is 1.54. The van der Waals surface area contributed by atoms with Crippen LogP contribution in [0.4, 0.5) is 0 Å². The second-order valence-electron chi connectivity index (χ2n) is 2.75. The number of carbonyl (C=O) groups excluding carboxylic acids is 1. The third-order valence-corrected chi connectivity index (χ3v) is 1.77. The minimum Gasteiger partial charge on any atom is -0.328 e. The fourth-order valence-electron chi connectivity index (χ4n) is 1.12. The maximum absolute atomic E-state index is 11.3. The van der Waals surface area contributed by atoms with Crippen molar-refractivity contribution in [2.24, 2.45) is 4.99 Å². The van der Waals surface area contributed by atoms with E-state index < -0.39 is 0 Å². The predicted molar refractivity (Wildman–Crippen MR) is 49.7 cm³/mol. The molecule has 0 saturated heterocycles. The van der Waals surface area contributed by atoms with Gasteiger partial charge in [0.15, 0.2) is 5.84 Å². The summed E-state index contributed by atoms with van der Waals surface area (Å²) in [6, 6.07) is 3.32. The topological polar surface area (TPSA) is 86.3 Å². The Labute approximate surface area is 79.0 Å². The molecule has 3 N–H and O–H groups in total. The average Bonchev–Trinajstić information content (AvgIpc) is 2.20. The Morgan fingerprint density at radius 3 is 2.79 bits per heavy atom. The molecular weight excluding hydrogens is 184 g/mol.